The lowest BCUT2D eigenvalue weighted by Gasteiger charge is -2.13. The molecule has 0 amide bonds. The fraction of sp³-hybridized carbons (Fsp3) is 0.667. The molecular weight excluding hydrogens is 206 g/mol. The maximum absolute atomic E-state index is 10.7. The van der Waals surface area contributed by atoms with Crippen LogP contribution in [-0.2, 0) is 9.53 Å². The summed E-state index contributed by atoms with van der Waals surface area (Å²) in [6, 6.07) is 1.66. The molecule has 4 nitrogen and oxygen atoms in total. The van der Waals surface area contributed by atoms with Gasteiger partial charge in [0.15, 0.2) is 0 Å². The minimum absolute atomic E-state index is 0.241. The topological polar surface area (TPSA) is 70.3 Å². The van der Waals surface area contributed by atoms with Crippen molar-refractivity contribution in [3.05, 3.63) is 11.6 Å². The molecule has 90 valence electrons. The second-order valence-electron chi connectivity index (χ2n) is 3.55. The van der Waals surface area contributed by atoms with Crippen molar-refractivity contribution in [1.29, 1.82) is 5.26 Å². The summed E-state index contributed by atoms with van der Waals surface area (Å²) in [4.78, 5) is 10.7. The molecule has 0 spiro atoms. The molecule has 0 aromatic rings. The second-order valence-corrected chi connectivity index (χ2v) is 3.55. The molecule has 0 heterocycles. The van der Waals surface area contributed by atoms with Crippen molar-refractivity contribution in [2.45, 2.75) is 45.6 Å². The van der Waals surface area contributed by atoms with Gasteiger partial charge in [0.1, 0.15) is 11.6 Å². The van der Waals surface area contributed by atoms with Crippen LogP contribution in [0.4, 0.5) is 0 Å². The molecule has 0 radical (unpaired) electrons. The molecule has 0 rings (SSSR count). The van der Waals surface area contributed by atoms with Crippen molar-refractivity contribution >= 4 is 5.97 Å². The summed E-state index contributed by atoms with van der Waals surface area (Å²) in [7, 11) is 0. The first-order valence-corrected chi connectivity index (χ1v) is 5.62. The zero-order valence-corrected chi connectivity index (χ0v) is 9.90. The smallest absolute Gasteiger partial charge is 0.346 e. The molecule has 0 bridgehead atoms. The summed E-state index contributed by atoms with van der Waals surface area (Å²) in [5, 5.41) is 17.3. The molecule has 16 heavy (non-hydrogen) atoms. The second kappa shape index (κ2) is 8.93. The summed E-state index contributed by atoms with van der Waals surface area (Å²) in [5.41, 5.74) is -0.241. The number of hydrogen-bond acceptors (Lipinski definition) is 3. The molecule has 1 N–H and O–H groups in total. The highest BCUT2D eigenvalue weighted by Gasteiger charge is 2.11. The normalized spacial score (nSPS) is 13.2. The minimum atomic E-state index is -1.19. The van der Waals surface area contributed by atoms with E-state index in [1.54, 1.807) is 6.07 Å². The molecule has 0 aromatic carbocycles. The maximum atomic E-state index is 10.7. The van der Waals surface area contributed by atoms with E-state index in [0.29, 0.717) is 6.61 Å². The highest BCUT2D eigenvalue weighted by Crippen LogP contribution is 2.08. The van der Waals surface area contributed by atoms with E-state index in [9.17, 15) is 4.79 Å². The number of hydrogen-bond donors (Lipinski definition) is 1. The fourth-order valence-electron chi connectivity index (χ4n) is 1.22. The Balaban J connectivity index is 4.40. The van der Waals surface area contributed by atoms with Gasteiger partial charge in [-0.1, -0.05) is 26.7 Å². The van der Waals surface area contributed by atoms with Gasteiger partial charge in [-0.2, -0.15) is 5.26 Å². The van der Waals surface area contributed by atoms with Gasteiger partial charge < -0.3 is 9.84 Å². The molecule has 0 aromatic heterocycles. The molecule has 0 aliphatic carbocycles. The van der Waals surface area contributed by atoms with E-state index in [2.05, 4.69) is 6.92 Å². The van der Waals surface area contributed by atoms with E-state index in [4.69, 9.17) is 15.1 Å². The van der Waals surface area contributed by atoms with Crippen LogP contribution in [-0.4, -0.2) is 23.8 Å². The zero-order valence-electron chi connectivity index (χ0n) is 9.90. The Morgan fingerprint density at radius 1 is 1.50 bits per heavy atom. The number of ether oxygens (including phenoxy) is 1. The average Bonchev–Trinajstić information content (AvgIpc) is 2.25. The van der Waals surface area contributed by atoms with Crippen molar-refractivity contribution in [3.63, 3.8) is 0 Å². The number of unbranched alkanes of at least 4 members (excludes halogenated alkanes) is 1. The molecule has 0 saturated carbocycles. The Morgan fingerprint density at radius 3 is 2.62 bits per heavy atom. The number of rotatable bonds is 8. The van der Waals surface area contributed by atoms with E-state index in [0.717, 1.165) is 25.7 Å². The van der Waals surface area contributed by atoms with Crippen LogP contribution >= 0.6 is 0 Å². The Hall–Kier alpha value is -1.34. The average molecular weight is 225 g/mol. The van der Waals surface area contributed by atoms with Crippen LogP contribution in [0.1, 0.15) is 39.5 Å². The number of carboxylic acids is 1. The van der Waals surface area contributed by atoms with Crippen LogP contribution in [0.2, 0.25) is 0 Å². The molecule has 0 aliphatic heterocycles. The predicted molar refractivity (Wildman–Crippen MR) is 60.9 cm³/mol. The van der Waals surface area contributed by atoms with Gasteiger partial charge in [-0.3, -0.25) is 0 Å². The Labute approximate surface area is 96.5 Å². The minimum Gasteiger partial charge on any atom is -0.477 e. The number of nitrogens with zero attached hydrogens (tertiary/aromatic N) is 1. The molecule has 0 aliphatic rings. The van der Waals surface area contributed by atoms with Crippen LogP contribution in [0.3, 0.4) is 0 Å². The number of carbonyl (C=O) groups is 1. The summed E-state index contributed by atoms with van der Waals surface area (Å²) in [6.07, 6.45) is 4.76. The molecule has 1 atom stereocenters. The summed E-state index contributed by atoms with van der Waals surface area (Å²) >= 11 is 0. The first-order chi connectivity index (χ1) is 7.65. The lowest BCUT2D eigenvalue weighted by molar-refractivity contribution is -0.132. The van der Waals surface area contributed by atoms with Crippen LogP contribution in [0.5, 0.6) is 0 Å². The molecule has 0 saturated heterocycles. The van der Waals surface area contributed by atoms with Crippen molar-refractivity contribution in [2.75, 3.05) is 6.61 Å². The number of carboxylic acid groups (broad SMARTS) is 1. The van der Waals surface area contributed by atoms with Crippen LogP contribution in [0.15, 0.2) is 11.6 Å². The third kappa shape index (κ3) is 6.20. The first kappa shape index (κ1) is 14.7. The van der Waals surface area contributed by atoms with Crippen LogP contribution in [0, 0.1) is 11.3 Å². The predicted octanol–water partition coefficient (Wildman–Crippen LogP) is 2.51. The summed E-state index contributed by atoms with van der Waals surface area (Å²) in [6.45, 7) is 4.67. The highest BCUT2D eigenvalue weighted by atomic mass is 16.5. The largest absolute Gasteiger partial charge is 0.477 e. The van der Waals surface area contributed by atoms with Crippen LogP contribution < -0.4 is 0 Å². The van der Waals surface area contributed by atoms with Gasteiger partial charge in [0, 0.05) is 6.61 Å². The van der Waals surface area contributed by atoms with Gasteiger partial charge >= 0.3 is 5.97 Å². The van der Waals surface area contributed by atoms with E-state index in [-0.39, 0.29) is 11.7 Å². The Morgan fingerprint density at radius 2 is 2.19 bits per heavy atom. The van der Waals surface area contributed by atoms with E-state index in [1.165, 1.54) is 6.08 Å². The zero-order chi connectivity index (χ0) is 12.4. The van der Waals surface area contributed by atoms with Gasteiger partial charge in [0.05, 0.1) is 6.10 Å². The van der Waals surface area contributed by atoms with Gasteiger partial charge in [-0.05, 0) is 18.9 Å². The molecule has 0 fully saturated rings. The van der Waals surface area contributed by atoms with E-state index in [1.807, 2.05) is 6.92 Å². The van der Waals surface area contributed by atoms with Crippen molar-refractivity contribution in [3.8, 4) is 6.07 Å². The monoisotopic (exact) mass is 225 g/mol. The van der Waals surface area contributed by atoms with Gasteiger partial charge in [0.25, 0.3) is 0 Å². The Bertz CT molecular complexity index is 278. The third-order valence-corrected chi connectivity index (χ3v) is 2.11. The fourth-order valence-corrected chi connectivity index (χ4v) is 1.22. The number of aliphatic carboxylic acids is 1. The molecule has 1 unspecified atom stereocenters. The van der Waals surface area contributed by atoms with Gasteiger partial charge in [0.2, 0.25) is 0 Å². The number of nitriles is 1. The van der Waals surface area contributed by atoms with Gasteiger partial charge in [-0.25, -0.2) is 4.79 Å². The standard InChI is InChI=1S/C12H19NO3/c1-3-5-7-16-11(6-4-2)8-10(9-13)12(14)15/h8,11H,3-7H2,1-2H3,(H,14,15). The summed E-state index contributed by atoms with van der Waals surface area (Å²) in [5.74, 6) is -1.19. The summed E-state index contributed by atoms with van der Waals surface area (Å²) < 4.78 is 5.51. The van der Waals surface area contributed by atoms with Crippen molar-refractivity contribution < 1.29 is 14.6 Å². The van der Waals surface area contributed by atoms with Crippen molar-refractivity contribution in [2.24, 2.45) is 0 Å². The van der Waals surface area contributed by atoms with Crippen LogP contribution in [0.25, 0.3) is 0 Å². The van der Waals surface area contributed by atoms with E-state index >= 15 is 0 Å². The Kier molecular flexibility index (Phi) is 8.18. The van der Waals surface area contributed by atoms with E-state index < -0.39 is 5.97 Å². The lowest BCUT2D eigenvalue weighted by atomic mass is 10.1. The maximum Gasteiger partial charge on any atom is 0.346 e. The quantitative estimate of drug-likeness (QED) is 0.391. The highest BCUT2D eigenvalue weighted by molar-refractivity contribution is 5.91. The van der Waals surface area contributed by atoms with Gasteiger partial charge in [-0.15, -0.1) is 0 Å². The molecular formula is C12H19NO3. The lowest BCUT2D eigenvalue weighted by Crippen LogP contribution is -2.13. The first-order valence-electron chi connectivity index (χ1n) is 5.62. The SMILES string of the molecule is CCCCOC(C=C(C#N)C(=O)O)CCC. The third-order valence-electron chi connectivity index (χ3n) is 2.11. The molecule has 4 heteroatoms. The van der Waals surface area contributed by atoms with Crippen molar-refractivity contribution in [1.82, 2.24) is 0 Å².